The van der Waals surface area contributed by atoms with Crippen molar-refractivity contribution in [2.45, 2.75) is 105 Å². The fourth-order valence-electron chi connectivity index (χ4n) is 11.4. The second-order valence-electron chi connectivity index (χ2n) is 23.2. The van der Waals surface area contributed by atoms with Gasteiger partial charge in [0.05, 0.1) is 22.1 Å². The van der Waals surface area contributed by atoms with Gasteiger partial charge in [-0.25, -0.2) is 9.97 Å². The highest BCUT2D eigenvalue weighted by Crippen LogP contribution is 2.51. The van der Waals surface area contributed by atoms with E-state index in [4.69, 9.17) is 9.97 Å². The first-order chi connectivity index (χ1) is 30.3. The van der Waals surface area contributed by atoms with E-state index >= 15 is 0 Å². The van der Waals surface area contributed by atoms with Gasteiger partial charge in [-0.2, -0.15) is 0 Å². The summed E-state index contributed by atoms with van der Waals surface area (Å²) in [6, 6.07) is 37.7. The van der Waals surface area contributed by atoms with E-state index < -0.39 is 0 Å². The molecule has 8 bridgehead atoms. The summed E-state index contributed by atoms with van der Waals surface area (Å²) in [4.78, 5) is 19.7. The van der Waals surface area contributed by atoms with Gasteiger partial charge in [-0.15, -0.1) is 0 Å². The van der Waals surface area contributed by atoms with E-state index in [2.05, 4.69) is 190 Å². The molecule has 0 aliphatic rings. The Balaban J connectivity index is 1.33. The number of hydrogen-bond acceptors (Lipinski definition) is 2. The lowest BCUT2D eigenvalue weighted by atomic mass is 9.85. The third-order valence-electron chi connectivity index (χ3n) is 15.0. The Bertz CT molecular complexity index is 3660. The molecule has 4 heteroatoms. The van der Waals surface area contributed by atoms with E-state index in [0.29, 0.717) is 0 Å². The number of aromatic amines is 2. The number of fused-ring (bicyclic) bond motifs is 22. The average Bonchev–Trinajstić information content (AvgIpc) is 4.08. The third kappa shape index (κ3) is 4.89. The van der Waals surface area contributed by atoms with Crippen molar-refractivity contribution in [1.29, 1.82) is 0 Å². The minimum Gasteiger partial charge on any atom is -0.354 e. The van der Waals surface area contributed by atoms with Crippen LogP contribution in [-0.2, 0) is 21.7 Å². The van der Waals surface area contributed by atoms with Crippen LogP contribution in [0.4, 0.5) is 0 Å². The number of nitrogens with one attached hydrogen (secondary N) is 2. The van der Waals surface area contributed by atoms with Crippen molar-refractivity contribution in [2.75, 3.05) is 0 Å². The van der Waals surface area contributed by atoms with Gasteiger partial charge in [0.2, 0.25) is 0 Å². The minimum absolute atomic E-state index is 0.0167. The van der Waals surface area contributed by atoms with Gasteiger partial charge < -0.3 is 9.97 Å². The highest BCUT2D eigenvalue weighted by atomic mass is 14.8. The molecule has 0 unspecified atom stereocenters. The SMILES string of the molecule is CC(C)(C)c1ccc2c(c1)c1c3nc4c(c5ccc([nH]5)c5c6ccc(C(C)(C)C)cc6c6c5nc5c(c7ccc([nH]7)c23)c2ccc(C(C)(C)C)cc2c56)c2ccc(C(C)(C)C)cc2c41. The molecular formula is C60H54N4. The van der Waals surface area contributed by atoms with Crippen LogP contribution >= 0.6 is 0 Å². The van der Waals surface area contributed by atoms with E-state index in [0.717, 1.165) is 65.7 Å². The number of aromatic nitrogens is 4. The largest absolute Gasteiger partial charge is 0.354 e. The number of benzene rings is 4. The van der Waals surface area contributed by atoms with Crippen molar-refractivity contribution in [3.8, 4) is 0 Å². The van der Waals surface area contributed by atoms with Crippen LogP contribution in [0, 0.1) is 0 Å². The van der Waals surface area contributed by atoms with E-state index in [1.165, 1.54) is 86.9 Å². The third-order valence-corrected chi connectivity index (χ3v) is 15.0. The summed E-state index contributed by atoms with van der Waals surface area (Å²) in [5.74, 6) is 0. The lowest BCUT2D eigenvalue weighted by Gasteiger charge is -2.19. The molecule has 64 heavy (non-hydrogen) atoms. The Morgan fingerprint density at radius 1 is 0.266 bits per heavy atom. The zero-order valence-corrected chi connectivity index (χ0v) is 39.1. The standard InChI is InChI=1S/C60H54N4/c1-57(2,3)29-13-17-33-37(25-29)49-50-38-26-30(58(4,5)6)14-18-34(38)46-42-23-24-44(62-42)48-36-20-16-32(60(10,11)12)28-40(36)52-51-39-27-31(59(7,8)9)15-19-35(39)47(55(51)64-56(48)52)43-22-21-41(61-43)45(33)53(49)63-54(46)50/h13-28,61-62H,1-12H3. The highest BCUT2D eigenvalue weighted by Gasteiger charge is 2.29. The van der Waals surface area contributed by atoms with Crippen LogP contribution in [0.3, 0.4) is 0 Å². The molecule has 0 amide bonds. The van der Waals surface area contributed by atoms with Gasteiger partial charge in [0.25, 0.3) is 0 Å². The van der Waals surface area contributed by atoms with Crippen LogP contribution in [0.1, 0.15) is 105 Å². The summed E-state index contributed by atoms with van der Waals surface area (Å²) in [5, 5.41) is 19.6. The average molecular weight is 831 g/mol. The summed E-state index contributed by atoms with van der Waals surface area (Å²) in [5.41, 5.74) is 13.8. The smallest absolute Gasteiger partial charge is 0.0822 e. The molecule has 2 N–H and O–H groups in total. The molecule has 0 atom stereocenters. The molecule has 0 aliphatic carbocycles. The fraction of sp³-hybridized carbons (Fsp3) is 0.267. The van der Waals surface area contributed by atoms with Crippen molar-refractivity contribution in [1.82, 2.24) is 19.9 Å². The number of hydrogen-bond donors (Lipinski definition) is 2. The molecule has 13 rings (SSSR count). The van der Waals surface area contributed by atoms with E-state index in [1.807, 2.05) is 0 Å². The van der Waals surface area contributed by atoms with Gasteiger partial charge in [-0.1, -0.05) is 132 Å². The van der Waals surface area contributed by atoms with Crippen LogP contribution in [0.2, 0.25) is 0 Å². The quantitative estimate of drug-likeness (QED) is 0.160. The van der Waals surface area contributed by atoms with Gasteiger partial charge in [-0.3, -0.25) is 0 Å². The molecule has 4 nitrogen and oxygen atoms in total. The molecule has 0 saturated heterocycles. The summed E-state index contributed by atoms with van der Waals surface area (Å²) >= 11 is 0. The second-order valence-corrected chi connectivity index (χ2v) is 23.2. The van der Waals surface area contributed by atoms with Crippen molar-refractivity contribution >= 4 is 130 Å². The van der Waals surface area contributed by atoms with E-state index in [9.17, 15) is 0 Å². The zero-order chi connectivity index (χ0) is 44.3. The van der Waals surface area contributed by atoms with Gasteiger partial charge in [0.15, 0.2) is 0 Å². The Morgan fingerprint density at radius 2 is 0.484 bits per heavy atom. The Morgan fingerprint density at radius 3 is 0.688 bits per heavy atom. The van der Waals surface area contributed by atoms with Gasteiger partial charge in [0, 0.05) is 65.2 Å². The maximum absolute atomic E-state index is 5.81. The lowest BCUT2D eigenvalue weighted by Crippen LogP contribution is -2.10. The maximum Gasteiger partial charge on any atom is 0.0822 e. The monoisotopic (exact) mass is 830 g/mol. The Hall–Kier alpha value is -6.52. The first-order valence-electron chi connectivity index (χ1n) is 23.2. The Labute approximate surface area is 372 Å². The molecule has 13 aromatic rings. The predicted octanol–water partition coefficient (Wildman–Crippen LogP) is 17.0. The molecule has 0 spiro atoms. The fourth-order valence-corrected chi connectivity index (χ4v) is 11.4. The van der Waals surface area contributed by atoms with Gasteiger partial charge >= 0.3 is 0 Å². The van der Waals surface area contributed by atoms with E-state index in [-0.39, 0.29) is 21.7 Å². The predicted molar refractivity (Wildman–Crippen MR) is 278 cm³/mol. The maximum atomic E-state index is 5.81. The zero-order valence-electron chi connectivity index (χ0n) is 39.1. The normalized spacial score (nSPS) is 13.9. The molecule has 5 aromatic heterocycles. The minimum atomic E-state index is -0.0167. The van der Waals surface area contributed by atoms with Crippen LogP contribution in [-0.4, -0.2) is 19.9 Å². The van der Waals surface area contributed by atoms with Crippen LogP contribution in [0.25, 0.3) is 130 Å². The first kappa shape index (κ1) is 38.0. The summed E-state index contributed by atoms with van der Waals surface area (Å²) in [7, 11) is 0. The Kier molecular flexibility index (Phi) is 6.99. The van der Waals surface area contributed by atoms with Crippen LogP contribution < -0.4 is 0 Å². The molecule has 0 fully saturated rings. The van der Waals surface area contributed by atoms with Crippen molar-refractivity contribution < 1.29 is 0 Å². The van der Waals surface area contributed by atoms with Crippen molar-refractivity contribution in [3.63, 3.8) is 0 Å². The highest BCUT2D eigenvalue weighted by molar-refractivity contribution is 6.45. The molecule has 314 valence electrons. The summed E-state index contributed by atoms with van der Waals surface area (Å²) < 4.78 is 0. The number of rotatable bonds is 0. The molecular weight excluding hydrogens is 777 g/mol. The number of nitrogens with zero attached hydrogens (tertiary/aromatic N) is 2. The molecule has 8 aromatic carbocycles. The topological polar surface area (TPSA) is 57.4 Å². The summed E-state index contributed by atoms with van der Waals surface area (Å²) in [6.45, 7) is 27.8. The number of H-pyrrole nitrogens is 2. The molecule has 0 aliphatic heterocycles. The molecule has 0 saturated carbocycles. The van der Waals surface area contributed by atoms with Gasteiger partial charge in [0.1, 0.15) is 0 Å². The lowest BCUT2D eigenvalue weighted by molar-refractivity contribution is 0.591. The molecule has 5 heterocycles. The van der Waals surface area contributed by atoms with Crippen LogP contribution in [0.5, 0.6) is 0 Å². The summed E-state index contributed by atoms with van der Waals surface area (Å²) in [6.07, 6.45) is 0. The van der Waals surface area contributed by atoms with E-state index in [1.54, 1.807) is 0 Å². The first-order valence-corrected chi connectivity index (χ1v) is 23.2. The van der Waals surface area contributed by atoms with Crippen LogP contribution in [0.15, 0.2) is 97.1 Å². The van der Waals surface area contributed by atoms with Crippen molar-refractivity contribution in [2.24, 2.45) is 0 Å². The second kappa shape index (κ2) is 11.8. The molecule has 0 radical (unpaired) electrons. The van der Waals surface area contributed by atoms with Crippen molar-refractivity contribution in [3.05, 3.63) is 119 Å². The van der Waals surface area contributed by atoms with Gasteiger partial charge in [-0.05, 0) is 136 Å².